The molecule has 7 nitrogen and oxygen atoms in total. The third-order valence-corrected chi connectivity index (χ3v) is 4.58. The van der Waals surface area contributed by atoms with Crippen LogP contribution in [-0.4, -0.2) is 48.8 Å². The minimum atomic E-state index is -3.54. The number of sulfonamides is 1. The number of nitrogen functional groups attached to an aromatic ring is 1. The minimum Gasteiger partial charge on any atom is -0.381 e. The van der Waals surface area contributed by atoms with Crippen LogP contribution in [-0.2, 0) is 21.3 Å². The summed E-state index contributed by atoms with van der Waals surface area (Å²) in [6, 6.07) is 0. The maximum absolute atomic E-state index is 12.3. The zero-order chi connectivity index (χ0) is 12.5. The highest BCUT2D eigenvalue weighted by molar-refractivity contribution is 7.89. The Kier molecular flexibility index (Phi) is 3.36. The number of ether oxygens (including phenoxy) is 1. The fraction of sp³-hybridized carbons (Fsp3) is 0.667. The molecule has 96 valence electrons. The van der Waals surface area contributed by atoms with Gasteiger partial charge in [0.15, 0.2) is 5.82 Å². The van der Waals surface area contributed by atoms with Crippen LogP contribution in [0.1, 0.15) is 6.92 Å². The molecular formula is C9H16N4O3S. The van der Waals surface area contributed by atoms with Crippen LogP contribution in [0.25, 0.3) is 0 Å². The Morgan fingerprint density at radius 1 is 1.47 bits per heavy atom. The van der Waals surface area contributed by atoms with Crippen LogP contribution in [0.15, 0.2) is 11.1 Å². The van der Waals surface area contributed by atoms with Crippen molar-refractivity contribution in [2.75, 3.05) is 32.0 Å². The quantitative estimate of drug-likeness (QED) is 0.791. The third-order valence-electron chi connectivity index (χ3n) is 2.67. The summed E-state index contributed by atoms with van der Waals surface area (Å²) in [5.41, 5.74) is 5.64. The molecule has 0 unspecified atom stereocenters. The Balaban J connectivity index is 2.33. The largest absolute Gasteiger partial charge is 0.381 e. The number of morpholine rings is 1. The molecule has 0 aromatic carbocycles. The molecule has 0 bridgehead atoms. The molecule has 2 heterocycles. The lowest BCUT2D eigenvalue weighted by Gasteiger charge is -2.25. The Labute approximate surface area is 100 Å². The molecule has 0 spiro atoms. The van der Waals surface area contributed by atoms with Crippen LogP contribution >= 0.6 is 0 Å². The number of aromatic nitrogens is 2. The molecule has 2 rings (SSSR count). The van der Waals surface area contributed by atoms with Crippen molar-refractivity contribution in [2.45, 2.75) is 18.4 Å². The Bertz CT molecular complexity index is 490. The van der Waals surface area contributed by atoms with Gasteiger partial charge in [0.05, 0.1) is 13.2 Å². The van der Waals surface area contributed by atoms with E-state index in [9.17, 15) is 8.42 Å². The van der Waals surface area contributed by atoms with E-state index < -0.39 is 10.0 Å². The van der Waals surface area contributed by atoms with Crippen LogP contribution in [0.4, 0.5) is 5.82 Å². The summed E-state index contributed by atoms with van der Waals surface area (Å²) in [5.74, 6) is 0.0540. The van der Waals surface area contributed by atoms with E-state index in [1.165, 1.54) is 15.2 Å². The summed E-state index contributed by atoms with van der Waals surface area (Å²) in [4.78, 5) is 0.0845. The van der Waals surface area contributed by atoms with Crippen molar-refractivity contribution < 1.29 is 13.2 Å². The van der Waals surface area contributed by atoms with Crippen molar-refractivity contribution in [1.29, 1.82) is 0 Å². The second kappa shape index (κ2) is 4.63. The number of hydrogen-bond donors (Lipinski definition) is 1. The second-order valence-corrected chi connectivity index (χ2v) is 5.66. The van der Waals surface area contributed by atoms with Gasteiger partial charge in [-0.1, -0.05) is 0 Å². The topological polar surface area (TPSA) is 90.5 Å². The molecule has 1 fully saturated rings. The van der Waals surface area contributed by atoms with Gasteiger partial charge in [0.25, 0.3) is 0 Å². The van der Waals surface area contributed by atoms with Gasteiger partial charge in [0.2, 0.25) is 10.0 Å². The van der Waals surface area contributed by atoms with Crippen molar-refractivity contribution in [3.8, 4) is 0 Å². The van der Waals surface area contributed by atoms with Crippen molar-refractivity contribution in [1.82, 2.24) is 14.1 Å². The van der Waals surface area contributed by atoms with Crippen molar-refractivity contribution in [2.24, 2.45) is 0 Å². The molecule has 0 saturated carbocycles. The molecule has 2 N–H and O–H groups in total. The van der Waals surface area contributed by atoms with Crippen LogP contribution in [0.3, 0.4) is 0 Å². The normalized spacial score (nSPS) is 18.4. The smallest absolute Gasteiger partial charge is 0.248 e. The maximum Gasteiger partial charge on any atom is 0.248 e. The first kappa shape index (κ1) is 12.3. The summed E-state index contributed by atoms with van der Waals surface area (Å²) >= 11 is 0. The van der Waals surface area contributed by atoms with E-state index in [0.717, 1.165) is 0 Å². The van der Waals surface area contributed by atoms with Gasteiger partial charge in [-0.25, -0.2) is 8.42 Å². The molecule has 0 amide bonds. The zero-order valence-corrected chi connectivity index (χ0v) is 10.5. The summed E-state index contributed by atoms with van der Waals surface area (Å²) in [7, 11) is -3.54. The fourth-order valence-corrected chi connectivity index (χ4v) is 3.17. The van der Waals surface area contributed by atoms with E-state index >= 15 is 0 Å². The fourth-order valence-electron chi connectivity index (χ4n) is 1.70. The molecular weight excluding hydrogens is 244 g/mol. The van der Waals surface area contributed by atoms with Crippen LogP contribution in [0.2, 0.25) is 0 Å². The van der Waals surface area contributed by atoms with Gasteiger partial charge in [-0.15, -0.1) is 0 Å². The van der Waals surface area contributed by atoms with E-state index in [1.54, 1.807) is 0 Å². The number of anilines is 1. The second-order valence-electron chi connectivity index (χ2n) is 3.75. The molecule has 0 aliphatic carbocycles. The lowest BCUT2D eigenvalue weighted by molar-refractivity contribution is 0.0730. The number of nitrogens with two attached hydrogens (primary N) is 1. The first-order chi connectivity index (χ1) is 8.05. The Morgan fingerprint density at radius 2 is 2.12 bits per heavy atom. The maximum atomic E-state index is 12.3. The molecule has 17 heavy (non-hydrogen) atoms. The molecule has 1 aliphatic rings. The van der Waals surface area contributed by atoms with E-state index in [1.807, 2.05) is 6.92 Å². The standard InChI is InChI=1S/C9H16N4O3S/c1-2-12-7-8(9(10)11-12)17(14,15)13-3-5-16-6-4-13/h7H,2-6H2,1H3,(H2,10,11). The first-order valence-corrected chi connectivity index (χ1v) is 6.90. The highest BCUT2D eigenvalue weighted by Crippen LogP contribution is 2.21. The van der Waals surface area contributed by atoms with Gasteiger partial charge >= 0.3 is 0 Å². The van der Waals surface area contributed by atoms with Gasteiger partial charge < -0.3 is 10.5 Å². The molecule has 1 aromatic heterocycles. The van der Waals surface area contributed by atoms with Gasteiger partial charge in [0, 0.05) is 25.8 Å². The molecule has 1 aromatic rings. The molecule has 0 radical (unpaired) electrons. The Morgan fingerprint density at radius 3 is 2.65 bits per heavy atom. The average Bonchev–Trinajstić information content (AvgIpc) is 2.72. The van der Waals surface area contributed by atoms with Crippen molar-refractivity contribution >= 4 is 15.8 Å². The van der Waals surface area contributed by atoms with E-state index in [0.29, 0.717) is 32.8 Å². The van der Waals surface area contributed by atoms with E-state index in [2.05, 4.69) is 5.10 Å². The van der Waals surface area contributed by atoms with E-state index in [-0.39, 0.29) is 10.7 Å². The third kappa shape index (κ3) is 2.28. The average molecular weight is 260 g/mol. The summed E-state index contributed by atoms with van der Waals surface area (Å²) < 4.78 is 32.6. The Hall–Kier alpha value is -1.12. The van der Waals surface area contributed by atoms with E-state index in [4.69, 9.17) is 10.5 Å². The molecule has 0 atom stereocenters. The zero-order valence-electron chi connectivity index (χ0n) is 9.66. The van der Waals surface area contributed by atoms with Crippen molar-refractivity contribution in [3.63, 3.8) is 0 Å². The van der Waals surface area contributed by atoms with Crippen LogP contribution in [0.5, 0.6) is 0 Å². The SMILES string of the molecule is CCn1cc(S(=O)(=O)N2CCOCC2)c(N)n1. The number of nitrogens with zero attached hydrogens (tertiary/aromatic N) is 3. The van der Waals surface area contributed by atoms with Gasteiger partial charge in [0.1, 0.15) is 4.90 Å². The number of aryl methyl sites for hydroxylation is 1. The summed E-state index contributed by atoms with van der Waals surface area (Å²) in [6.07, 6.45) is 1.47. The molecule has 1 aliphatic heterocycles. The number of hydrogen-bond acceptors (Lipinski definition) is 5. The summed E-state index contributed by atoms with van der Waals surface area (Å²) in [6.45, 7) is 4.01. The van der Waals surface area contributed by atoms with Crippen molar-refractivity contribution in [3.05, 3.63) is 6.20 Å². The predicted molar refractivity (Wildman–Crippen MR) is 61.9 cm³/mol. The lowest BCUT2D eigenvalue weighted by Crippen LogP contribution is -2.40. The monoisotopic (exact) mass is 260 g/mol. The van der Waals surface area contributed by atoms with Gasteiger partial charge in [-0.05, 0) is 6.92 Å². The summed E-state index contributed by atoms with van der Waals surface area (Å²) in [5, 5.41) is 3.95. The lowest BCUT2D eigenvalue weighted by atomic mass is 10.5. The highest BCUT2D eigenvalue weighted by atomic mass is 32.2. The van der Waals surface area contributed by atoms with Gasteiger partial charge in [-0.2, -0.15) is 9.40 Å². The number of rotatable bonds is 3. The molecule has 8 heteroatoms. The van der Waals surface area contributed by atoms with Crippen LogP contribution in [0, 0.1) is 0 Å². The van der Waals surface area contributed by atoms with Crippen LogP contribution < -0.4 is 5.73 Å². The molecule has 1 saturated heterocycles. The highest BCUT2D eigenvalue weighted by Gasteiger charge is 2.29. The first-order valence-electron chi connectivity index (χ1n) is 5.46. The predicted octanol–water partition coefficient (Wildman–Crippen LogP) is -0.494. The minimum absolute atomic E-state index is 0.0540. The van der Waals surface area contributed by atoms with Gasteiger partial charge in [-0.3, -0.25) is 4.68 Å².